The van der Waals surface area contributed by atoms with Crippen LogP contribution in [0.5, 0.6) is 0 Å². The van der Waals surface area contributed by atoms with Crippen LogP contribution in [0.4, 0.5) is 8.78 Å². The minimum atomic E-state index is -1.86. The minimum absolute atomic E-state index is 0.0985. The predicted molar refractivity (Wildman–Crippen MR) is 87.9 cm³/mol. The van der Waals surface area contributed by atoms with Crippen molar-refractivity contribution in [3.8, 4) is 0 Å². The normalized spacial score (nSPS) is 16.0. The zero-order valence-electron chi connectivity index (χ0n) is 12.4. The third-order valence-corrected chi connectivity index (χ3v) is 4.60. The van der Waals surface area contributed by atoms with Gasteiger partial charge in [-0.1, -0.05) is 24.3 Å². The molecule has 0 aromatic heterocycles. The zero-order valence-corrected chi connectivity index (χ0v) is 13.2. The minimum Gasteiger partial charge on any atom is -0.306 e. The maximum absolute atomic E-state index is 13.5. The third-order valence-electron chi connectivity index (χ3n) is 4.02. The summed E-state index contributed by atoms with van der Waals surface area (Å²) in [6.07, 6.45) is 2.60. The molecule has 2 nitrogen and oxygen atoms in total. The molecule has 120 valence electrons. The Balaban J connectivity index is 1.97. The van der Waals surface area contributed by atoms with Crippen molar-refractivity contribution in [1.29, 1.82) is 0 Å². The van der Waals surface area contributed by atoms with E-state index in [9.17, 15) is 13.0 Å². The summed E-state index contributed by atoms with van der Waals surface area (Å²) in [6.45, 7) is 0. The smallest absolute Gasteiger partial charge is 0.157 e. The van der Waals surface area contributed by atoms with Crippen LogP contribution in [0, 0.1) is 11.6 Å². The molecule has 0 radical (unpaired) electrons. The molecule has 2 aromatic rings. The predicted octanol–water partition coefficient (Wildman–Crippen LogP) is 4.78. The molecule has 1 unspecified atom stereocenters. The SMILES string of the molecule is O=S(O)Cc1ccc(C2=C(c3cc(F)cc(F)c3)CCC2)cc1. The molecule has 1 aliphatic carbocycles. The van der Waals surface area contributed by atoms with Gasteiger partial charge in [0.25, 0.3) is 0 Å². The number of halogens is 2. The van der Waals surface area contributed by atoms with Crippen molar-refractivity contribution < 1.29 is 17.5 Å². The van der Waals surface area contributed by atoms with E-state index in [0.29, 0.717) is 5.56 Å². The molecular weight excluding hydrogens is 318 g/mol. The quantitative estimate of drug-likeness (QED) is 0.817. The fourth-order valence-electron chi connectivity index (χ4n) is 3.05. The lowest BCUT2D eigenvalue weighted by Gasteiger charge is -2.10. The molecule has 1 N–H and O–H groups in total. The molecule has 0 saturated heterocycles. The van der Waals surface area contributed by atoms with Gasteiger partial charge < -0.3 is 4.55 Å². The first kappa shape index (κ1) is 16.0. The van der Waals surface area contributed by atoms with Gasteiger partial charge in [0, 0.05) is 6.07 Å². The molecule has 1 aliphatic rings. The van der Waals surface area contributed by atoms with E-state index in [4.69, 9.17) is 4.55 Å². The number of allylic oxidation sites excluding steroid dienone is 2. The highest BCUT2D eigenvalue weighted by molar-refractivity contribution is 7.78. The zero-order chi connectivity index (χ0) is 16.4. The summed E-state index contributed by atoms with van der Waals surface area (Å²) >= 11 is -1.86. The van der Waals surface area contributed by atoms with Gasteiger partial charge in [0.15, 0.2) is 11.1 Å². The Bertz CT molecular complexity index is 762. The van der Waals surface area contributed by atoms with Crippen LogP contribution in [0.15, 0.2) is 42.5 Å². The van der Waals surface area contributed by atoms with Crippen molar-refractivity contribution in [3.63, 3.8) is 0 Å². The summed E-state index contributed by atoms with van der Waals surface area (Å²) in [5, 5.41) is 0. The molecule has 0 spiro atoms. The van der Waals surface area contributed by atoms with Gasteiger partial charge >= 0.3 is 0 Å². The van der Waals surface area contributed by atoms with E-state index in [2.05, 4.69) is 0 Å². The van der Waals surface area contributed by atoms with Crippen molar-refractivity contribution in [3.05, 3.63) is 70.8 Å². The fraction of sp³-hybridized carbons (Fsp3) is 0.222. The summed E-state index contributed by atoms with van der Waals surface area (Å²) in [5.74, 6) is -1.04. The van der Waals surface area contributed by atoms with Crippen molar-refractivity contribution in [1.82, 2.24) is 0 Å². The first-order valence-corrected chi connectivity index (χ1v) is 8.66. The van der Waals surface area contributed by atoms with E-state index < -0.39 is 22.7 Å². The Morgan fingerprint density at radius 3 is 2.04 bits per heavy atom. The number of hydrogen-bond acceptors (Lipinski definition) is 1. The van der Waals surface area contributed by atoms with Gasteiger partial charge in [0.05, 0.1) is 5.75 Å². The van der Waals surface area contributed by atoms with Crippen molar-refractivity contribution in [2.24, 2.45) is 0 Å². The molecule has 23 heavy (non-hydrogen) atoms. The maximum Gasteiger partial charge on any atom is 0.157 e. The van der Waals surface area contributed by atoms with Gasteiger partial charge in [-0.2, -0.15) is 0 Å². The summed E-state index contributed by atoms with van der Waals surface area (Å²) in [7, 11) is 0. The van der Waals surface area contributed by atoms with Crippen LogP contribution in [0.25, 0.3) is 11.1 Å². The van der Waals surface area contributed by atoms with Gasteiger partial charge in [0.2, 0.25) is 0 Å². The Hall–Kier alpha value is -1.85. The lowest BCUT2D eigenvalue weighted by Crippen LogP contribution is -1.94. The summed E-state index contributed by atoms with van der Waals surface area (Å²) in [6, 6.07) is 11.1. The van der Waals surface area contributed by atoms with Crippen molar-refractivity contribution in [2.45, 2.75) is 25.0 Å². The van der Waals surface area contributed by atoms with Gasteiger partial charge in [-0.25, -0.2) is 13.0 Å². The lowest BCUT2D eigenvalue weighted by molar-refractivity contribution is 0.563. The number of hydrogen-bond donors (Lipinski definition) is 1. The second-order valence-corrected chi connectivity index (χ2v) is 6.56. The van der Waals surface area contributed by atoms with Crippen LogP contribution in [0.3, 0.4) is 0 Å². The molecule has 1 atom stereocenters. The number of rotatable bonds is 4. The number of benzene rings is 2. The summed E-state index contributed by atoms with van der Waals surface area (Å²) in [4.78, 5) is 0. The van der Waals surface area contributed by atoms with Crippen LogP contribution < -0.4 is 0 Å². The Kier molecular flexibility index (Phi) is 4.68. The lowest BCUT2D eigenvalue weighted by atomic mass is 9.96. The van der Waals surface area contributed by atoms with Gasteiger partial charge in [0.1, 0.15) is 11.6 Å². The van der Waals surface area contributed by atoms with E-state index in [1.165, 1.54) is 12.1 Å². The Morgan fingerprint density at radius 1 is 0.913 bits per heavy atom. The van der Waals surface area contributed by atoms with Gasteiger partial charge in [-0.3, -0.25) is 0 Å². The molecule has 0 fully saturated rings. The Labute approximate surface area is 136 Å². The average Bonchev–Trinajstić information content (AvgIpc) is 2.96. The third kappa shape index (κ3) is 3.74. The molecule has 0 amide bonds. The van der Waals surface area contributed by atoms with E-state index in [1.54, 1.807) is 0 Å². The first-order chi connectivity index (χ1) is 11.0. The van der Waals surface area contributed by atoms with E-state index in [-0.39, 0.29) is 5.75 Å². The fourth-order valence-corrected chi connectivity index (χ4v) is 3.53. The molecule has 0 bridgehead atoms. The van der Waals surface area contributed by atoms with E-state index in [1.807, 2.05) is 24.3 Å². The van der Waals surface area contributed by atoms with E-state index >= 15 is 0 Å². The average molecular weight is 334 g/mol. The topological polar surface area (TPSA) is 37.3 Å². The second kappa shape index (κ2) is 6.72. The van der Waals surface area contributed by atoms with Crippen LogP contribution >= 0.6 is 0 Å². The van der Waals surface area contributed by atoms with E-state index in [0.717, 1.165) is 47.6 Å². The van der Waals surface area contributed by atoms with Crippen LogP contribution in [0.1, 0.15) is 36.0 Å². The Morgan fingerprint density at radius 2 is 1.48 bits per heavy atom. The molecule has 2 aromatic carbocycles. The van der Waals surface area contributed by atoms with Crippen molar-refractivity contribution in [2.75, 3.05) is 0 Å². The van der Waals surface area contributed by atoms with Crippen molar-refractivity contribution >= 4 is 22.2 Å². The second-order valence-electron chi connectivity index (χ2n) is 5.63. The highest BCUT2D eigenvalue weighted by Gasteiger charge is 2.18. The largest absolute Gasteiger partial charge is 0.306 e. The van der Waals surface area contributed by atoms with Crippen LogP contribution in [-0.2, 0) is 16.8 Å². The maximum atomic E-state index is 13.5. The summed E-state index contributed by atoms with van der Waals surface area (Å²) in [5.41, 5.74) is 4.44. The molecule has 0 saturated carbocycles. The molecular formula is C18H16F2O2S. The summed E-state index contributed by atoms with van der Waals surface area (Å²) < 4.78 is 46.7. The van der Waals surface area contributed by atoms with Gasteiger partial charge in [-0.05, 0) is 59.2 Å². The van der Waals surface area contributed by atoms with Gasteiger partial charge in [-0.15, -0.1) is 0 Å². The molecule has 0 aliphatic heterocycles. The highest BCUT2D eigenvalue weighted by atomic mass is 32.2. The molecule has 5 heteroatoms. The van der Waals surface area contributed by atoms with Crippen LogP contribution in [-0.4, -0.2) is 8.76 Å². The monoisotopic (exact) mass is 334 g/mol. The highest BCUT2D eigenvalue weighted by Crippen LogP contribution is 2.40. The molecule has 3 rings (SSSR count). The molecule has 0 heterocycles. The standard InChI is InChI=1S/C18H16F2O2S/c19-15-8-14(9-16(20)10-15)18-3-1-2-17(18)13-6-4-12(5-7-13)11-23(21)22/h4-10H,1-3,11H2,(H,21,22). The first-order valence-electron chi connectivity index (χ1n) is 7.38. The van der Waals surface area contributed by atoms with Crippen LogP contribution in [0.2, 0.25) is 0 Å².